The smallest absolute Gasteiger partial charge is 0.410 e. The highest BCUT2D eigenvalue weighted by Gasteiger charge is 2.55. The Kier molecular flexibility index (Phi) is 18.0. The van der Waals surface area contributed by atoms with E-state index >= 15 is 0 Å². The second-order valence-electron chi connectivity index (χ2n) is 19.6. The third kappa shape index (κ3) is 13.3. The van der Waals surface area contributed by atoms with Crippen molar-refractivity contribution in [3.63, 3.8) is 0 Å². The van der Waals surface area contributed by atoms with Gasteiger partial charge in [0, 0.05) is 57.3 Å². The van der Waals surface area contributed by atoms with Gasteiger partial charge in [0.05, 0.1) is 12.6 Å². The van der Waals surface area contributed by atoms with Gasteiger partial charge in [-0.3, -0.25) is 22.8 Å². The number of hydrogen-bond donors (Lipinski definition) is 6. The Hall–Kier alpha value is -3.37. The van der Waals surface area contributed by atoms with E-state index in [0.717, 1.165) is 0 Å². The Morgan fingerprint density at radius 1 is 0.828 bits per heavy atom. The number of amides is 3. The van der Waals surface area contributed by atoms with E-state index in [1.807, 2.05) is 60.8 Å². The van der Waals surface area contributed by atoms with Crippen LogP contribution in [-0.4, -0.2) is 165 Å². The molecule has 0 fully saturated rings. The Bertz CT molecular complexity index is 1570. The van der Waals surface area contributed by atoms with E-state index in [1.165, 1.54) is 29.8 Å². The lowest BCUT2D eigenvalue weighted by atomic mass is 9.76. The van der Waals surface area contributed by atoms with E-state index in [-0.39, 0.29) is 44.5 Å². The molecule has 0 saturated heterocycles. The van der Waals surface area contributed by atoms with Gasteiger partial charge in [-0.2, -0.15) is 0 Å². The summed E-state index contributed by atoms with van der Waals surface area (Å²) in [7, 11) is -0.405. The molecule has 0 aliphatic carbocycles. The Morgan fingerprint density at radius 2 is 1.33 bits per heavy atom. The van der Waals surface area contributed by atoms with Crippen LogP contribution >= 0.6 is 8.29 Å². The molecule has 1 aromatic carbocycles. The molecular weight excluding hydrogens is 767 g/mol. The van der Waals surface area contributed by atoms with Crippen molar-refractivity contribution in [2.24, 2.45) is 11.3 Å². The molecule has 58 heavy (non-hydrogen) atoms. The number of carbonyl (C=O) groups is 4. The van der Waals surface area contributed by atoms with Crippen LogP contribution in [0.2, 0.25) is 0 Å². The molecule has 0 unspecified atom stereocenters. The second kappa shape index (κ2) is 19.8. The molecule has 6 N–H and O–H groups in total. The monoisotopic (exact) mass is 844 g/mol. The molecule has 0 spiro atoms. The highest BCUT2D eigenvalue weighted by molar-refractivity contribution is 8.64. The molecule has 15 heteroatoms. The van der Waals surface area contributed by atoms with Crippen LogP contribution in [0.4, 0.5) is 4.79 Å². The first-order valence-corrected chi connectivity index (χ1v) is 23.7. The lowest BCUT2D eigenvalue weighted by Crippen LogP contribution is -2.63. The van der Waals surface area contributed by atoms with Gasteiger partial charge < -0.3 is 45.2 Å². The van der Waals surface area contributed by atoms with Gasteiger partial charge >= 0.3 is 12.1 Å². The zero-order valence-electron chi connectivity index (χ0n) is 37.8. The lowest BCUT2D eigenvalue weighted by molar-refractivity contribution is -0.142. The number of ether oxygens (including phenoxy) is 2. The Labute approximate surface area is 346 Å². The fourth-order valence-electron chi connectivity index (χ4n) is 7.77. The minimum Gasteiger partial charge on any atom is -0.493 e. The van der Waals surface area contributed by atoms with E-state index in [9.17, 15) is 44.7 Å². The molecule has 0 heterocycles. The first kappa shape index (κ1) is 52.6. The van der Waals surface area contributed by atoms with Gasteiger partial charge in [0.1, 0.15) is 23.4 Å². The highest BCUT2D eigenvalue weighted by Crippen LogP contribution is 2.85. The molecule has 0 aliphatic rings. The maximum atomic E-state index is 14.8. The van der Waals surface area contributed by atoms with Crippen LogP contribution in [0, 0.1) is 11.3 Å². The van der Waals surface area contributed by atoms with Gasteiger partial charge in [-0.15, -0.1) is 0 Å². The largest absolute Gasteiger partial charge is 0.493 e. The van der Waals surface area contributed by atoms with E-state index < -0.39 is 66.7 Å². The summed E-state index contributed by atoms with van der Waals surface area (Å²) in [6.07, 6.45) is 2.80. The summed E-state index contributed by atoms with van der Waals surface area (Å²) >= 11 is 0. The number of hydrogen-bond acceptors (Lipinski definition) is 10. The number of nitrogens with one attached hydrogen (secondary N) is 1. The molecule has 3 amide bonds. The molecule has 0 bridgehead atoms. The maximum absolute atomic E-state index is 14.8. The van der Waals surface area contributed by atoms with Crippen molar-refractivity contribution < 1.29 is 54.2 Å². The van der Waals surface area contributed by atoms with Crippen LogP contribution in [0.5, 0.6) is 5.75 Å². The average molecular weight is 844 g/mol. The van der Waals surface area contributed by atoms with Gasteiger partial charge in [-0.1, -0.05) is 66.7 Å². The normalized spacial score (nSPS) is 15.7. The number of carboxylic acids is 1. The molecule has 1 aromatic rings. The van der Waals surface area contributed by atoms with Crippen molar-refractivity contribution in [3.8, 4) is 5.75 Å². The van der Waals surface area contributed by atoms with E-state index in [4.69, 9.17) is 9.47 Å². The van der Waals surface area contributed by atoms with Crippen molar-refractivity contribution in [1.82, 2.24) is 15.1 Å². The number of nitrogens with zero attached hydrogens (tertiary/aromatic N) is 2. The summed E-state index contributed by atoms with van der Waals surface area (Å²) in [5, 5.41) is 53.3. The maximum Gasteiger partial charge on any atom is 0.410 e. The third-order valence-electron chi connectivity index (χ3n) is 11.8. The van der Waals surface area contributed by atoms with Crippen LogP contribution in [0.3, 0.4) is 0 Å². The van der Waals surface area contributed by atoms with E-state index in [2.05, 4.69) is 5.32 Å². The lowest BCUT2D eigenvalue weighted by Gasteiger charge is -2.77. The van der Waals surface area contributed by atoms with Gasteiger partial charge in [0.25, 0.3) is 0 Å². The predicted molar refractivity (Wildman–Crippen MR) is 233 cm³/mol. The number of benzene rings is 1. The van der Waals surface area contributed by atoms with Crippen LogP contribution < -0.4 is 10.1 Å². The Morgan fingerprint density at radius 3 is 1.74 bits per heavy atom. The van der Waals surface area contributed by atoms with Gasteiger partial charge in [-0.25, -0.2) is 9.59 Å². The number of aliphatic carboxylic acids is 1. The zero-order chi connectivity index (χ0) is 45.1. The highest BCUT2D eigenvalue weighted by atomic mass is 32.4. The molecule has 0 aromatic heterocycles. The number of carboxylic acid groups (broad SMARTS) is 1. The van der Waals surface area contributed by atoms with Gasteiger partial charge in [0.2, 0.25) is 11.8 Å². The molecular formula is C43H77N3O11S. The van der Waals surface area contributed by atoms with Crippen LogP contribution in [0.25, 0.3) is 0 Å². The number of likely N-dealkylation sites (N-methyl/N-ethyl adjacent to an activating group) is 2. The summed E-state index contributed by atoms with van der Waals surface area (Å²) in [6.45, 7) is 18.9. The van der Waals surface area contributed by atoms with Crippen LogP contribution in [-0.2, 0) is 24.5 Å². The van der Waals surface area contributed by atoms with Crippen LogP contribution in [0.15, 0.2) is 35.9 Å². The molecule has 14 nitrogen and oxygen atoms in total. The van der Waals surface area contributed by atoms with Gasteiger partial charge in [-0.05, 0) is 86.0 Å². The van der Waals surface area contributed by atoms with Crippen molar-refractivity contribution in [1.29, 1.82) is 0 Å². The van der Waals surface area contributed by atoms with E-state index in [0.29, 0.717) is 40.1 Å². The summed E-state index contributed by atoms with van der Waals surface area (Å²) in [4.78, 5) is 57.2. The summed E-state index contributed by atoms with van der Waals surface area (Å²) < 4.78 is 12.1. The quantitative estimate of drug-likeness (QED) is 0.0917. The van der Waals surface area contributed by atoms with Crippen molar-refractivity contribution in [2.45, 2.75) is 105 Å². The fraction of sp³-hybridized carbons (Fsp3) is 0.721. The van der Waals surface area contributed by atoms with Crippen molar-refractivity contribution in [2.75, 3.05) is 82.1 Å². The van der Waals surface area contributed by atoms with Crippen molar-refractivity contribution >= 4 is 32.2 Å². The average Bonchev–Trinajstić information content (AvgIpc) is 3.08. The van der Waals surface area contributed by atoms with Crippen molar-refractivity contribution in [3.05, 3.63) is 41.5 Å². The predicted octanol–water partition coefficient (Wildman–Crippen LogP) is 4.10. The summed E-state index contributed by atoms with van der Waals surface area (Å²) in [5.41, 5.74) is -2.11. The summed E-state index contributed by atoms with van der Waals surface area (Å²) in [6, 6.07) is 4.23. The molecule has 336 valence electrons. The Balaban J connectivity index is 3.80. The summed E-state index contributed by atoms with van der Waals surface area (Å²) in [5.74, 6) is -0.122. The SMILES string of the molecule is C/C(=C\[C@H](C(C)C)N(C)C(=O)[C@@H](NC(=O)[C@@H](N(C)C(=O)OC(C)(C)C)C(C)(C)c1cccc(OCCS(C)(CCO)(CCO)(CCO)CCO)c1)C(C)(C)C)C(=O)O. The number of aliphatic hydroxyl groups excluding tert-OH is 4. The third-order valence-corrected chi connectivity index (χ3v) is 20.6. The number of aliphatic hydroxyl groups is 4. The topological polar surface area (TPSA) is 206 Å². The minimum atomic E-state index is -3.46. The second-order valence-corrected chi connectivity index (χ2v) is 28.6. The molecule has 0 aliphatic heterocycles. The number of carbonyl (C=O) groups excluding carboxylic acids is 3. The molecule has 1 rings (SSSR count). The van der Waals surface area contributed by atoms with E-state index in [1.54, 1.807) is 46.0 Å². The molecule has 0 saturated carbocycles. The first-order chi connectivity index (χ1) is 26.4. The standard InChI is InChI=1S/C43H77N3O11S/c1-30(2)34(28-31(3)39(53)54)45(12)38(52)35(41(4,5)6)44-37(51)36(46(13)40(55)57-42(7,8)9)43(10,11)32-16-15-17-33(29-32)56-22-27-58(14,23-18-47,24-19-48,25-20-49)26-21-50/h15-17,28-30,34-36,47-50H,18-27H2,1-14H3,(H,44,51)(H,53,54)/b31-28+/t34-,35-,36-/m1/s1. The number of rotatable bonds is 22. The molecule has 0 radical (unpaired) electrons. The van der Waals surface area contributed by atoms with Gasteiger partial charge in [0.15, 0.2) is 0 Å². The fourth-order valence-corrected chi connectivity index (χ4v) is 13.3. The first-order valence-electron chi connectivity index (χ1n) is 20.0. The minimum absolute atomic E-state index is 0.0853. The zero-order valence-corrected chi connectivity index (χ0v) is 38.6. The molecule has 3 atom stereocenters. The van der Waals surface area contributed by atoms with Crippen LogP contribution in [0.1, 0.15) is 81.7 Å².